The zero-order valence-corrected chi connectivity index (χ0v) is 18.0. The first kappa shape index (κ1) is 20.1. The van der Waals surface area contributed by atoms with E-state index in [1.807, 2.05) is 66.6 Å². The van der Waals surface area contributed by atoms with E-state index in [9.17, 15) is 0 Å². The number of ether oxygens (including phenoxy) is 1. The van der Waals surface area contributed by atoms with Crippen LogP contribution in [0.4, 0.5) is 28.7 Å². The SMILES string of the molecule is Cn1ncc(-c2ccnc(Nc3ccc(N4CCOCC4)cc3)c2)c1Nc1ccccc1. The second kappa shape index (κ2) is 9.11. The standard InChI is InChI=1S/C25H26N6O/c1-30-25(29-20-5-3-2-4-6-20)23(18-27-30)19-11-12-26-24(17-19)28-21-7-9-22(10-8-21)31-13-15-32-16-14-31/h2-12,17-18,29H,13-16H2,1H3,(H,26,28). The van der Waals surface area contributed by atoms with Crippen LogP contribution >= 0.6 is 0 Å². The molecule has 7 nitrogen and oxygen atoms in total. The summed E-state index contributed by atoms with van der Waals surface area (Å²) in [5.41, 5.74) is 5.29. The molecule has 0 bridgehead atoms. The van der Waals surface area contributed by atoms with Crippen molar-refractivity contribution in [1.82, 2.24) is 14.8 Å². The smallest absolute Gasteiger partial charge is 0.136 e. The maximum absolute atomic E-state index is 5.44. The van der Waals surface area contributed by atoms with Crippen molar-refractivity contribution in [2.24, 2.45) is 7.05 Å². The van der Waals surface area contributed by atoms with Crippen molar-refractivity contribution in [2.45, 2.75) is 0 Å². The first-order valence-electron chi connectivity index (χ1n) is 10.8. The summed E-state index contributed by atoms with van der Waals surface area (Å²) in [7, 11) is 1.94. The number of pyridine rings is 1. The Balaban J connectivity index is 1.34. The van der Waals surface area contributed by atoms with Gasteiger partial charge in [0, 0.05) is 49.0 Å². The Kier molecular flexibility index (Phi) is 5.72. The van der Waals surface area contributed by atoms with Gasteiger partial charge >= 0.3 is 0 Å². The molecular weight excluding hydrogens is 400 g/mol. The van der Waals surface area contributed by atoms with E-state index in [1.165, 1.54) is 5.69 Å². The minimum absolute atomic E-state index is 0.784. The first-order valence-corrected chi connectivity index (χ1v) is 10.8. The normalized spacial score (nSPS) is 13.7. The topological polar surface area (TPSA) is 67.2 Å². The van der Waals surface area contributed by atoms with E-state index in [-0.39, 0.29) is 0 Å². The largest absolute Gasteiger partial charge is 0.378 e. The molecule has 5 rings (SSSR count). The van der Waals surface area contributed by atoms with Crippen molar-refractivity contribution in [3.8, 4) is 11.1 Å². The Morgan fingerprint density at radius 2 is 1.62 bits per heavy atom. The Morgan fingerprint density at radius 1 is 0.875 bits per heavy atom. The summed E-state index contributed by atoms with van der Waals surface area (Å²) in [6, 6.07) is 22.6. The number of rotatable bonds is 6. The molecule has 2 N–H and O–H groups in total. The molecule has 2 aromatic heterocycles. The second-order valence-corrected chi connectivity index (χ2v) is 7.72. The number of aryl methyl sites for hydroxylation is 1. The van der Waals surface area contributed by atoms with E-state index in [0.717, 1.165) is 60.4 Å². The third-order valence-corrected chi connectivity index (χ3v) is 5.56. The molecule has 7 heteroatoms. The number of hydrogen-bond donors (Lipinski definition) is 2. The van der Waals surface area contributed by atoms with Crippen LogP contribution in [0.5, 0.6) is 0 Å². The minimum Gasteiger partial charge on any atom is -0.378 e. The van der Waals surface area contributed by atoms with Gasteiger partial charge in [-0.2, -0.15) is 5.10 Å². The van der Waals surface area contributed by atoms with Gasteiger partial charge in [0.25, 0.3) is 0 Å². The van der Waals surface area contributed by atoms with Gasteiger partial charge in [-0.25, -0.2) is 4.98 Å². The summed E-state index contributed by atoms with van der Waals surface area (Å²) in [6.45, 7) is 3.43. The molecule has 0 atom stereocenters. The van der Waals surface area contributed by atoms with Gasteiger partial charge in [0.15, 0.2) is 0 Å². The number of benzene rings is 2. The van der Waals surface area contributed by atoms with E-state index in [2.05, 4.69) is 49.9 Å². The summed E-state index contributed by atoms with van der Waals surface area (Å²) in [6.07, 6.45) is 3.70. The van der Waals surface area contributed by atoms with Crippen LogP contribution in [0.15, 0.2) is 79.1 Å². The molecule has 162 valence electrons. The molecule has 1 aliphatic rings. The van der Waals surface area contributed by atoms with E-state index >= 15 is 0 Å². The van der Waals surface area contributed by atoms with Crippen molar-refractivity contribution in [1.29, 1.82) is 0 Å². The summed E-state index contributed by atoms with van der Waals surface area (Å²) < 4.78 is 7.29. The number of hydrogen-bond acceptors (Lipinski definition) is 6. The molecule has 0 saturated carbocycles. The lowest BCUT2D eigenvalue weighted by molar-refractivity contribution is 0.122. The highest BCUT2D eigenvalue weighted by Gasteiger charge is 2.13. The van der Waals surface area contributed by atoms with Crippen molar-refractivity contribution in [3.63, 3.8) is 0 Å². The fourth-order valence-electron chi connectivity index (χ4n) is 3.85. The van der Waals surface area contributed by atoms with Crippen molar-refractivity contribution < 1.29 is 4.74 Å². The van der Waals surface area contributed by atoms with Gasteiger partial charge in [-0.15, -0.1) is 0 Å². The van der Waals surface area contributed by atoms with Crippen LogP contribution in [0.25, 0.3) is 11.1 Å². The van der Waals surface area contributed by atoms with Crippen LogP contribution in [-0.2, 0) is 11.8 Å². The highest BCUT2D eigenvalue weighted by Crippen LogP contribution is 2.31. The average Bonchev–Trinajstić information content (AvgIpc) is 3.21. The molecule has 0 amide bonds. The highest BCUT2D eigenvalue weighted by molar-refractivity contribution is 5.80. The third kappa shape index (κ3) is 4.43. The molecule has 0 aliphatic carbocycles. The molecule has 0 unspecified atom stereocenters. The Bertz CT molecular complexity index is 1170. The van der Waals surface area contributed by atoms with E-state index in [1.54, 1.807) is 0 Å². The maximum atomic E-state index is 5.44. The van der Waals surface area contributed by atoms with Crippen LogP contribution in [0.2, 0.25) is 0 Å². The maximum Gasteiger partial charge on any atom is 0.136 e. The summed E-state index contributed by atoms with van der Waals surface area (Å²) in [5, 5.41) is 11.3. The van der Waals surface area contributed by atoms with E-state index in [0.29, 0.717) is 0 Å². The molecule has 1 aliphatic heterocycles. The number of aromatic nitrogens is 3. The number of morpholine rings is 1. The predicted molar refractivity (Wildman–Crippen MR) is 129 cm³/mol. The molecule has 0 spiro atoms. The lowest BCUT2D eigenvalue weighted by Gasteiger charge is -2.28. The fourth-order valence-corrected chi connectivity index (χ4v) is 3.85. The van der Waals surface area contributed by atoms with Gasteiger partial charge in [0.1, 0.15) is 11.6 Å². The van der Waals surface area contributed by atoms with Gasteiger partial charge < -0.3 is 20.3 Å². The lowest BCUT2D eigenvalue weighted by Crippen LogP contribution is -2.36. The zero-order valence-electron chi connectivity index (χ0n) is 18.0. The Morgan fingerprint density at radius 3 is 2.41 bits per heavy atom. The average molecular weight is 427 g/mol. The van der Waals surface area contributed by atoms with Crippen LogP contribution in [0.3, 0.4) is 0 Å². The van der Waals surface area contributed by atoms with Crippen molar-refractivity contribution >= 4 is 28.7 Å². The van der Waals surface area contributed by atoms with Gasteiger partial charge in [0.2, 0.25) is 0 Å². The number of para-hydroxylation sites is 1. The fraction of sp³-hybridized carbons (Fsp3) is 0.200. The molecule has 1 fully saturated rings. The summed E-state index contributed by atoms with van der Waals surface area (Å²) in [4.78, 5) is 6.85. The van der Waals surface area contributed by atoms with E-state index in [4.69, 9.17) is 4.74 Å². The molecular formula is C25H26N6O. The predicted octanol–water partition coefficient (Wildman–Crippen LogP) is 4.81. The first-order chi connectivity index (χ1) is 15.8. The van der Waals surface area contributed by atoms with Crippen molar-refractivity contribution in [2.75, 3.05) is 41.8 Å². The number of nitrogens with one attached hydrogen (secondary N) is 2. The second-order valence-electron chi connectivity index (χ2n) is 7.72. The molecule has 1 saturated heterocycles. The van der Waals surface area contributed by atoms with Crippen LogP contribution in [0.1, 0.15) is 0 Å². The quantitative estimate of drug-likeness (QED) is 0.461. The van der Waals surface area contributed by atoms with Gasteiger partial charge in [-0.1, -0.05) is 18.2 Å². The monoisotopic (exact) mass is 426 g/mol. The summed E-state index contributed by atoms with van der Waals surface area (Å²) in [5.74, 6) is 1.72. The Hall–Kier alpha value is -3.84. The van der Waals surface area contributed by atoms with Gasteiger partial charge in [-0.3, -0.25) is 4.68 Å². The minimum atomic E-state index is 0.784. The van der Waals surface area contributed by atoms with Crippen LogP contribution in [0, 0.1) is 0 Å². The zero-order chi connectivity index (χ0) is 21.8. The number of anilines is 5. The third-order valence-electron chi connectivity index (χ3n) is 5.56. The Labute approximate surface area is 187 Å². The summed E-state index contributed by atoms with van der Waals surface area (Å²) >= 11 is 0. The molecule has 32 heavy (non-hydrogen) atoms. The van der Waals surface area contributed by atoms with Crippen molar-refractivity contribution in [3.05, 3.63) is 79.1 Å². The molecule has 2 aromatic carbocycles. The highest BCUT2D eigenvalue weighted by atomic mass is 16.5. The number of nitrogens with zero attached hydrogens (tertiary/aromatic N) is 4. The molecule has 4 aromatic rings. The van der Waals surface area contributed by atoms with Crippen LogP contribution < -0.4 is 15.5 Å². The van der Waals surface area contributed by atoms with Crippen LogP contribution in [-0.4, -0.2) is 41.1 Å². The van der Waals surface area contributed by atoms with E-state index < -0.39 is 0 Å². The molecule has 0 radical (unpaired) electrons. The van der Waals surface area contributed by atoms with Gasteiger partial charge in [-0.05, 0) is 54.1 Å². The van der Waals surface area contributed by atoms with Gasteiger partial charge in [0.05, 0.1) is 19.4 Å². The molecule has 3 heterocycles. The lowest BCUT2D eigenvalue weighted by atomic mass is 10.1.